The molecule has 1 aromatic heterocycles. The van der Waals surface area contributed by atoms with E-state index in [2.05, 4.69) is 15.3 Å². The van der Waals surface area contributed by atoms with Gasteiger partial charge in [-0.15, -0.1) is 0 Å². The maximum absolute atomic E-state index is 11.5. The van der Waals surface area contributed by atoms with Crippen molar-refractivity contribution >= 4 is 17.7 Å². The van der Waals surface area contributed by atoms with Gasteiger partial charge in [0.15, 0.2) is 5.16 Å². The van der Waals surface area contributed by atoms with Gasteiger partial charge in [-0.1, -0.05) is 18.2 Å². The third-order valence-corrected chi connectivity index (χ3v) is 3.92. The van der Waals surface area contributed by atoms with Crippen molar-refractivity contribution < 1.29 is 4.79 Å². The summed E-state index contributed by atoms with van der Waals surface area (Å²) in [5.74, 6) is 0.712. The monoisotopic (exact) mass is 284 g/mol. The predicted octanol–water partition coefficient (Wildman–Crippen LogP) is 1.91. The molecule has 0 aliphatic heterocycles. The largest absolute Gasteiger partial charge is 0.368 e. The SMILES string of the molecule is CC(C)NC(C)(CCCCSc1ncc[nH]1)C(N)=O. The van der Waals surface area contributed by atoms with Crippen LogP contribution >= 0.6 is 11.8 Å². The van der Waals surface area contributed by atoms with Crippen LogP contribution < -0.4 is 11.1 Å². The molecule has 0 aliphatic carbocycles. The molecule has 6 heteroatoms. The van der Waals surface area contributed by atoms with Gasteiger partial charge in [0.05, 0.1) is 5.54 Å². The molecule has 0 saturated heterocycles. The molecule has 5 nitrogen and oxygen atoms in total. The minimum absolute atomic E-state index is 0.245. The Labute approximate surface area is 119 Å². The molecule has 1 atom stereocenters. The zero-order valence-corrected chi connectivity index (χ0v) is 12.7. The highest BCUT2D eigenvalue weighted by Gasteiger charge is 2.30. The van der Waals surface area contributed by atoms with E-state index in [9.17, 15) is 4.79 Å². The van der Waals surface area contributed by atoms with Gasteiger partial charge in [-0.05, 0) is 33.6 Å². The second-order valence-corrected chi connectivity index (χ2v) is 6.28. The summed E-state index contributed by atoms with van der Waals surface area (Å²) in [7, 11) is 0. The molecule has 0 bridgehead atoms. The first-order valence-corrected chi connectivity index (χ1v) is 7.62. The number of carbonyl (C=O) groups excluding carboxylic acids is 1. The Morgan fingerprint density at radius 3 is 2.84 bits per heavy atom. The predicted molar refractivity (Wildman–Crippen MR) is 79.0 cm³/mol. The first-order chi connectivity index (χ1) is 8.94. The normalized spacial score (nSPS) is 14.5. The summed E-state index contributed by atoms with van der Waals surface area (Å²) >= 11 is 1.70. The first-order valence-electron chi connectivity index (χ1n) is 6.64. The minimum atomic E-state index is -0.608. The molecule has 0 radical (unpaired) electrons. The van der Waals surface area contributed by atoms with E-state index >= 15 is 0 Å². The molecule has 108 valence electrons. The van der Waals surface area contributed by atoms with Crippen LogP contribution in [0.5, 0.6) is 0 Å². The zero-order chi connectivity index (χ0) is 14.3. The van der Waals surface area contributed by atoms with Crippen molar-refractivity contribution in [2.75, 3.05) is 5.75 Å². The van der Waals surface area contributed by atoms with Gasteiger partial charge >= 0.3 is 0 Å². The van der Waals surface area contributed by atoms with Crippen LogP contribution in [-0.2, 0) is 4.79 Å². The number of hydrogen-bond donors (Lipinski definition) is 3. The van der Waals surface area contributed by atoms with Gasteiger partial charge in [0.1, 0.15) is 0 Å². The molecule has 4 N–H and O–H groups in total. The fourth-order valence-electron chi connectivity index (χ4n) is 1.98. The van der Waals surface area contributed by atoms with E-state index in [0.717, 1.165) is 30.2 Å². The number of H-pyrrole nitrogens is 1. The van der Waals surface area contributed by atoms with Gasteiger partial charge in [0, 0.05) is 24.2 Å². The van der Waals surface area contributed by atoms with E-state index in [1.54, 1.807) is 18.0 Å². The standard InChI is InChI=1S/C13H24N4OS/c1-10(2)17-13(3,11(14)18)6-4-5-9-19-12-15-7-8-16-12/h7-8,10,17H,4-6,9H2,1-3H3,(H2,14,18)(H,15,16). The number of aromatic nitrogens is 2. The summed E-state index contributed by atoms with van der Waals surface area (Å²) in [4.78, 5) is 18.8. The second kappa shape index (κ2) is 7.55. The van der Waals surface area contributed by atoms with Crippen LogP contribution in [0.25, 0.3) is 0 Å². The lowest BCUT2D eigenvalue weighted by atomic mass is 9.93. The van der Waals surface area contributed by atoms with Crippen molar-refractivity contribution in [2.45, 2.75) is 56.8 Å². The van der Waals surface area contributed by atoms with Gasteiger partial charge in [-0.2, -0.15) is 0 Å². The number of hydrogen-bond acceptors (Lipinski definition) is 4. The smallest absolute Gasteiger partial charge is 0.237 e. The van der Waals surface area contributed by atoms with E-state index in [4.69, 9.17) is 5.73 Å². The molecule has 0 aromatic carbocycles. The number of imidazole rings is 1. The molecule has 1 aromatic rings. The number of rotatable bonds is 9. The minimum Gasteiger partial charge on any atom is -0.368 e. The lowest BCUT2D eigenvalue weighted by molar-refractivity contribution is -0.124. The van der Waals surface area contributed by atoms with Crippen molar-refractivity contribution in [3.8, 4) is 0 Å². The fraction of sp³-hybridized carbons (Fsp3) is 0.692. The highest BCUT2D eigenvalue weighted by molar-refractivity contribution is 7.99. The maximum Gasteiger partial charge on any atom is 0.237 e. The number of thioether (sulfide) groups is 1. The van der Waals surface area contributed by atoms with Gasteiger partial charge in [0.25, 0.3) is 0 Å². The highest BCUT2D eigenvalue weighted by Crippen LogP contribution is 2.18. The summed E-state index contributed by atoms with van der Waals surface area (Å²) in [5, 5.41) is 4.20. The lowest BCUT2D eigenvalue weighted by Crippen LogP contribution is -2.55. The molecule has 1 amide bonds. The summed E-state index contributed by atoms with van der Waals surface area (Å²) in [6.45, 7) is 5.93. The molecule has 19 heavy (non-hydrogen) atoms. The van der Waals surface area contributed by atoms with Gasteiger partial charge in [0.2, 0.25) is 5.91 Å². The molecule has 0 saturated carbocycles. The Kier molecular flexibility index (Phi) is 6.37. The number of nitrogens with two attached hydrogens (primary N) is 1. The van der Waals surface area contributed by atoms with Crippen molar-refractivity contribution in [3.63, 3.8) is 0 Å². The van der Waals surface area contributed by atoms with Crippen LogP contribution in [0.4, 0.5) is 0 Å². The van der Waals surface area contributed by atoms with Gasteiger partial charge in [-0.25, -0.2) is 4.98 Å². The molecule has 1 rings (SSSR count). The Morgan fingerprint density at radius 1 is 1.58 bits per heavy atom. The summed E-state index contributed by atoms with van der Waals surface area (Å²) in [6, 6.07) is 0.245. The second-order valence-electron chi connectivity index (χ2n) is 5.20. The third kappa shape index (κ3) is 5.65. The Bertz CT molecular complexity index is 380. The first kappa shape index (κ1) is 16.0. The van der Waals surface area contributed by atoms with E-state index < -0.39 is 5.54 Å². The number of aromatic amines is 1. The molecule has 0 aliphatic rings. The quantitative estimate of drug-likeness (QED) is 0.478. The Balaban J connectivity index is 2.26. The van der Waals surface area contributed by atoms with Crippen LogP contribution in [-0.4, -0.2) is 33.2 Å². The van der Waals surface area contributed by atoms with E-state index in [0.29, 0.717) is 0 Å². The molecule has 0 fully saturated rings. The third-order valence-electron chi connectivity index (χ3n) is 2.93. The maximum atomic E-state index is 11.5. The summed E-state index contributed by atoms with van der Waals surface area (Å²) in [6.07, 6.45) is 6.33. The number of nitrogens with one attached hydrogen (secondary N) is 2. The number of amides is 1. The number of unbranched alkanes of at least 4 members (excludes halogenated alkanes) is 1. The molecule has 1 unspecified atom stereocenters. The zero-order valence-electron chi connectivity index (χ0n) is 11.9. The molecular weight excluding hydrogens is 260 g/mol. The van der Waals surface area contributed by atoms with Crippen LogP contribution in [0, 0.1) is 0 Å². The Hall–Kier alpha value is -1.01. The van der Waals surface area contributed by atoms with E-state index in [1.165, 1.54) is 0 Å². The van der Waals surface area contributed by atoms with Crippen molar-refractivity contribution in [1.82, 2.24) is 15.3 Å². The van der Waals surface area contributed by atoms with Crippen molar-refractivity contribution in [2.24, 2.45) is 5.73 Å². The van der Waals surface area contributed by atoms with Crippen LogP contribution in [0.1, 0.15) is 40.0 Å². The van der Waals surface area contributed by atoms with Gasteiger partial charge < -0.3 is 16.0 Å². The van der Waals surface area contributed by atoms with E-state index in [1.807, 2.05) is 27.0 Å². The van der Waals surface area contributed by atoms with Crippen LogP contribution in [0.3, 0.4) is 0 Å². The molecule has 0 spiro atoms. The Morgan fingerprint density at radius 2 is 2.32 bits per heavy atom. The van der Waals surface area contributed by atoms with Gasteiger partial charge in [-0.3, -0.25) is 4.79 Å². The number of carbonyl (C=O) groups is 1. The summed E-state index contributed by atoms with van der Waals surface area (Å²) < 4.78 is 0. The number of primary amides is 1. The van der Waals surface area contributed by atoms with Crippen molar-refractivity contribution in [3.05, 3.63) is 12.4 Å². The van der Waals surface area contributed by atoms with Crippen molar-refractivity contribution in [1.29, 1.82) is 0 Å². The fourth-order valence-corrected chi connectivity index (χ4v) is 2.81. The average Bonchev–Trinajstić information content (AvgIpc) is 2.80. The average molecular weight is 284 g/mol. The molecule has 1 heterocycles. The summed E-state index contributed by atoms with van der Waals surface area (Å²) in [5.41, 5.74) is 4.88. The van der Waals surface area contributed by atoms with Crippen LogP contribution in [0.15, 0.2) is 17.6 Å². The molecular formula is C13H24N4OS. The topological polar surface area (TPSA) is 83.8 Å². The van der Waals surface area contributed by atoms with Crippen LogP contribution in [0.2, 0.25) is 0 Å². The number of nitrogens with zero attached hydrogens (tertiary/aromatic N) is 1. The van der Waals surface area contributed by atoms with E-state index in [-0.39, 0.29) is 11.9 Å². The lowest BCUT2D eigenvalue weighted by Gasteiger charge is -2.29. The highest BCUT2D eigenvalue weighted by atomic mass is 32.2.